The summed E-state index contributed by atoms with van der Waals surface area (Å²) in [5, 5.41) is 1.15. The lowest BCUT2D eigenvalue weighted by Crippen LogP contribution is -2.47. The third-order valence-corrected chi connectivity index (χ3v) is 5.15. The van der Waals surface area contributed by atoms with E-state index >= 15 is 0 Å². The highest BCUT2D eigenvalue weighted by molar-refractivity contribution is 5.99. The summed E-state index contributed by atoms with van der Waals surface area (Å²) in [6, 6.07) is 8.19. The van der Waals surface area contributed by atoms with Crippen LogP contribution in [-0.2, 0) is 16.5 Å². The van der Waals surface area contributed by atoms with Crippen LogP contribution < -0.4 is 0 Å². The summed E-state index contributed by atoms with van der Waals surface area (Å²) in [7, 11) is 1.96. The maximum Gasteiger partial charge on any atom is 0.270 e. The first-order valence-corrected chi connectivity index (χ1v) is 8.22. The Hall–Kier alpha value is -1.85. The number of carbonyl (C=O) groups is 1. The van der Waals surface area contributed by atoms with Crippen LogP contribution in [0, 0.1) is 6.92 Å². The Kier molecular flexibility index (Phi) is 3.43. The van der Waals surface area contributed by atoms with Crippen molar-refractivity contribution >= 4 is 16.8 Å². The topological polar surface area (TPSA) is 43.7 Å². The molecule has 2 aliphatic rings. The maximum absolute atomic E-state index is 12.9. The average molecular weight is 314 g/mol. The van der Waals surface area contributed by atoms with Crippen LogP contribution in [0.25, 0.3) is 10.9 Å². The second-order valence-corrected chi connectivity index (χ2v) is 6.50. The van der Waals surface area contributed by atoms with Gasteiger partial charge < -0.3 is 18.9 Å². The van der Waals surface area contributed by atoms with Gasteiger partial charge >= 0.3 is 0 Å². The molecule has 2 aromatic rings. The van der Waals surface area contributed by atoms with Gasteiger partial charge in [-0.3, -0.25) is 4.79 Å². The highest BCUT2D eigenvalue weighted by atomic mass is 16.7. The lowest BCUT2D eigenvalue weighted by atomic mass is 10.0. The molecule has 0 saturated carbocycles. The fourth-order valence-corrected chi connectivity index (χ4v) is 3.71. The molecule has 4 rings (SSSR count). The van der Waals surface area contributed by atoms with Crippen molar-refractivity contribution in [3.8, 4) is 0 Å². The van der Waals surface area contributed by atoms with Gasteiger partial charge in [0.05, 0.1) is 13.2 Å². The molecular formula is C18H22N2O3. The molecule has 0 unspecified atom stereocenters. The molecule has 2 aliphatic heterocycles. The number of aryl methyl sites for hydroxylation is 2. The van der Waals surface area contributed by atoms with E-state index in [4.69, 9.17) is 9.47 Å². The van der Waals surface area contributed by atoms with Crippen molar-refractivity contribution in [3.05, 3.63) is 35.5 Å². The average Bonchev–Trinajstić information content (AvgIpc) is 3.14. The largest absolute Gasteiger partial charge is 0.347 e. The number of benzene rings is 1. The second-order valence-electron chi connectivity index (χ2n) is 6.50. The summed E-state index contributed by atoms with van der Waals surface area (Å²) in [5.41, 5.74) is 3.05. The SMILES string of the molecule is Cc1cccc2c1cc(C(=O)N1CCC3(CC1)OCCO3)n2C. The van der Waals surface area contributed by atoms with Gasteiger partial charge in [-0.15, -0.1) is 0 Å². The van der Waals surface area contributed by atoms with Crippen molar-refractivity contribution in [1.29, 1.82) is 0 Å². The van der Waals surface area contributed by atoms with Gasteiger partial charge in [-0.05, 0) is 24.6 Å². The molecule has 23 heavy (non-hydrogen) atoms. The van der Waals surface area contributed by atoms with Gasteiger partial charge in [-0.2, -0.15) is 0 Å². The second kappa shape index (κ2) is 5.35. The minimum absolute atomic E-state index is 0.0935. The molecule has 1 amide bonds. The third kappa shape index (κ3) is 2.35. The van der Waals surface area contributed by atoms with Crippen molar-refractivity contribution in [1.82, 2.24) is 9.47 Å². The van der Waals surface area contributed by atoms with E-state index in [9.17, 15) is 4.79 Å². The predicted octanol–water partition coefficient (Wildman–Crippen LogP) is 2.47. The lowest BCUT2D eigenvalue weighted by Gasteiger charge is -2.37. The molecule has 122 valence electrons. The summed E-state index contributed by atoms with van der Waals surface area (Å²) in [6.07, 6.45) is 1.50. The number of hydrogen-bond acceptors (Lipinski definition) is 3. The first-order valence-electron chi connectivity index (χ1n) is 8.22. The zero-order chi connectivity index (χ0) is 16.0. The van der Waals surface area contributed by atoms with Crippen LogP contribution >= 0.6 is 0 Å². The van der Waals surface area contributed by atoms with E-state index in [0.717, 1.165) is 29.4 Å². The molecule has 0 radical (unpaired) electrons. The Morgan fingerprint density at radius 2 is 1.87 bits per heavy atom. The van der Waals surface area contributed by atoms with Crippen molar-refractivity contribution in [2.45, 2.75) is 25.6 Å². The molecule has 1 aromatic heterocycles. The van der Waals surface area contributed by atoms with Crippen LogP contribution in [0.3, 0.4) is 0 Å². The van der Waals surface area contributed by atoms with Crippen LogP contribution in [0.4, 0.5) is 0 Å². The number of likely N-dealkylation sites (tertiary alicyclic amines) is 1. The zero-order valence-corrected chi connectivity index (χ0v) is 13.7. The Morgan fingerprint density at radius 1 is 1.17 bits per heavy atom. The summed E-state index contributed by atoms with van der Waals surface area (Å²) in [6.45, 7) is 4.77. The normalized spacial score (nSPS) is 20.5. The number of fused-ring (bicyclic) bond motifs is 1. The maximum atomic E-state index is 12.9. The van der Waals surface area contributed by atoms with Crippen LogP contribution in [0.5, 0.6) is 0 Å². The number of amides is 1. The van der Waals surface area contributed by atoms with Crippen molar-refractivity contribution in [2.75, 3.05) is 26.3 Å². The van der Waals surface area contributed by atoms with Gasteiger partial charge in [-0.25, -0.2) is 0 Å². The van der Waals surface area contributed by atoms with E-state index < -0.39 is 5.79 Å². The highest BCUT2D eigenvalue weighted by Crippen LogP contribution is 2.32. The Bertz CT molecular complexity index is 749. The first kappa shape index (κ1) is 14.7. The van der Waals surface area contributed by atoms with E-state index in [1.165, 1.54) is 5.56 Å². The van der Waals surface area contributed by atoms with E-state index in [2.05, 4.69) is 19.1 Å². The monoisotopic (exact) mass is 314 g/mol. The smallest absolute Gasteiger partial charge is 0.270 e. The fraction of sp³-hybridized carbons (Fsp3) is 0.500. The van der Waals surface area contributed by atoms with Gasteiger partial charge in [-0.1, -0.05) is 12.1 Å². The van der Waals surface area contributed by atoms with Crippen molar-refractivity contribution < 1.29 is 14.3 Å². The fourth-order valence-electron chi connectivity index (χ4n) is 3.71. The van der Waals surface area contributed by atoms with Gasteiger partial charge in [0.2, 0.25) is 0 Å². The van der Waals surface area contributed by atoms with Gasteiger partial charge in [0.25, 0.3) is 5.91 Å². The minimum atomic E-state index is -0.438. The molecule has 0 bridgehead atoms. The number of aromatic nitrogens is 1. The summed E-state index contributed by atoms with van der Waals surface area (Å²) >= 11 is 0. The molecule has 0 atom stereocenters. The third-order valence-electron chi connectivity index (χ3n) is 5.15. The van der Waals surface area contributed by atoms with E-state index in [1.54, 1.807) is 0 Å². The number of nitrogens with zero attached hydrogens (tertiary/aromatic N) is 2. The lowest BCUT2D eigenvalue weighted by molar-refractivity contribution is -0.181. The molecule has 0 N–H and O–H groups in total. The van der Waals surface area contributed by atoms with Crippen LogP contribution in [0.1, 0.15) is 28.9 Å². The van der Waals surface area contributed by atoms with Crippen molar-refractivity contribution in [3.63, 3.8) is 0 Å². The van der Waals surface area contributed by atoms with Gasteiger partial charge in [0, 0.05) is 43.9 Å². The van der Waals surface area contributed by atoms with Crippen LogP contribution in [0.15, 0.2) is 24.3 Å². The van der Waals surface area contributed by atoms with Gasteiger partial charge in [0.15, 0.2) is 5.79 Å². The Balaban J connectivity index is 1.58. The Labute approximate surface area is 135 Å². The minimum Gasteiger partial charge on any atom is -0.347 e. The zero-order valence-electron chi connectivity index (χ0n) is 13.7. The molecule has 2 saturated heterocycles. The molecule has 3 heterocycles. The molecule has 5 heteroatoms. The van der Waals surface area contributed by atoms with E-state index in [1.807, 2.05) is 28.6 Å². The van der Waals surface area contributed by atoms with Gasteiger partial charge in [0.1, 0.15) is 5.69 Å². The Morgan fingerprint density at radius 3 is 2.52 bits per heavy atom. The quantitative estimate of drug-likeness (QED) is 0.812. The molecule has 1 aromatic carbocycles. The summed E-state index contributed by atoms with van der Waals surface area (Å²) in [5.74, 6) is -0.345. The number of ether oxygens (including phenoxy) is 2. The number of rotatable bonds is 1. The predicted molar refractivity (Wildman–Crippen MR) is 87.4 cm³/mol. The van der Waals surface area contributed by atoms with E-state index in [-0.39, 0.29) is 5.91 Å². The molecule has 5 nitrogen and oxygen atoms in total. The molecular weight excluding hydrogens is 292 g/mol. The van der Waals surface area contributed by atoms with Crippen LogP contribution in [-0.4, -0.2) is 47.5 Å². The summed E-state index contributed by atoms with van der Waals surface area (Å²) in [4.78, 5) is 14.8. The number of piperidine rings is 1. The summed E-state index contributed by atoms with van der Waals surface area (Å²) < 4.78 is 13.5. The standard InChI is InChI=1S/C18H22N2O3/c1-13-4-3-5-15-14(13)12-16(19(15)2)17(21)20-8-6-18(7-9-20)22-10-11-23-18/h3-5,12H,6-11H2,1-2H3. The molecule has 2 fully saturated rings. The number of hydrogen-bond donors (Lipinski definition) is 0. The first-order chi connectivity index (χ1) is 11.1. The van der Waals surface area contributed by atoms with E-state index in [0.29, 0.717) is 26.3 Å². The molecule has 0 aliphatic carbocycles. The number of carbonyl (C=O) groups excluding carboxylic acids is 1. The highest BCUT2D eigenvalue weighted by Gasteiger charge is 2.41. The van der Waals surface area contributed by atoms with Crippen LogP contribution in [0.2, 0.25) is 0 Å². The molecule has 1 spiro atoms. The van der Waals surface area contributed by atoms with Crippen molar-refractivity contribution in [2.24, 2.45) is 7.05 Å².